The van der Waals surface area contributed by atoms with Gasteiger partial charge in [0.2, 0.25) is 11.8 Å². The molecule has 130 valence electrons. The molecule has 0 aromatic heterocycles. The zero-order valence-electron chi connectivity index (χ0n) is 13.7. The molecule has 0 radical (unpaired) electrons. The SMILES string of the molecule is Cl.NC1C2CCC(C2)C1C(=O)N1CCC(N2CCCC2=O)CC1. The fourth-order valence-electron chi connectivity index (χ4n) is 5.37. The van der Waals surface area contributed by atoms with Gasteiger partial charge in [-0.15, -0.1) is 12.4 Å². The Hall–Kier alpha value is -0.810. The highest BCUT2D eigenvalue weighted by atomic mass is 35.5. The summed E-state index contributed by atoms with van der Waals surface area (Å²) >= 11 is 0. The number of nitrogens with two attached hydrogens (primary N) is 1. The topological polar surface area (TPSA) is 66.6 Å². The summed E-state index contributed by atoms with van der Waals surface area (Å²) < 4.78 is 0. The van der Waals surface area contributed by atoms with Gasteiger partial charge in [0.25, 0.3) is 0 Å². The summed E-state index contributed by atoms with van der Waals surface area (Å²) in [5.41, 5.74) is 6.32. The highest BCUT2D eigenvalue weighted by molar-refractivity contribution is 5.85. The van der Waals surface area contributed by atoms with Crippen molar-refractivity contribution >= 4 is 24.2 Å². The van der Waals surface area contributed by atoms with Crippen LogP contribution in [0, 0.1) is 17.8 Å². The van der Waals surface area contributed by atoms with Gasteiger partial charge in [0.15, 0.2) is 0 Å². The van der Waals surface area contributed by atoms with E-state index < -0.39 is 0 Å². The minimum Gasteiger partial charge on any atom is -0.342 e. The second-order valence-electron chi connectivity index (χ2n) is 7.68. The van der Waals surface area contributed by atoms with E-state index in [0.717, 1.165) is 45.3 Å². The molecule has 4 unspecified atom stereocenters. The van der Waals surface area contributed by atoms with Crippen LogP contribution in [0.4, 0.5) is 0 Å². The molecule has 2 saturated heterocycles. The number of piperidine rings is 1. The Morgan fingerprint density at radius 3 is 2.30 bits per heavy atom. The van der Waals surface area contributed by atoms with E-state index in [4.69, 9.17) is 5.73 Å². The highest BCUT2D eigenvalue weighted by Crippen LogP contribution is 2.48. The lowest BCUT2D eigenvalue weighted by molar-refractivity contribution is -0.140. The summed E-state index contributed by atoms with van der Waals surface area (Å²) in [4.78, 5) is 28.8. The van der Waals surface area contributed by atoms with Crippen molar-refractivity contribution in [3.05, 3.63) is 0 Å². The third kappa shape index (κ3) is 2.86. The molecule has 0 aromatic rings. The molecule has 0 spiro atoms. The summed E-state index contributed by atoms with van der Waals surface area (Å²) in [6.45, 7) is 2.51. The lowest BCUT2D eigenvalue weighted by atomic mass is 9.83. The molecule has 2 heterocycles. The van der Waals surface area contributed by atoms with Crippen LogP contribution in [0.25, 0.3) is 0 Å². The molecule has 2 aliphatic carbocycles. The van der Waals surface area contributed by atoms with Gasteiger partial charge in [0.1, 0.15) is 0 Å². The monoisotopic (exact) mass is 341 g/mol. The van der Waals surface area contributed by atoms with Crippen molar-refractivity contribution in [1.29, 1.82) is 0 Å². The molecular weight excluding hydrogens is 314 g/mol. The molecule has 6 heteroatoms. The molecule has 4 atom stereocenters. The number of likely N-dealkylation sites (tertiary alicyclic amines) is 2. The van der Waals surface area contributed by atoms with Gasteiger partial charge < -0.3 is 15.5 Å². The zero-order valence-corrected chi connectivity index (χ0v) is 14.5. The molecule has 23 heavy (non-hydrogen) atoms. The van der Waals surface area contributed by atoms with Crippen molar-refractivity contribution in [2.45, 2.75) is 57.0 Å². The van der Waals surface area contributed by atoms with E-state index in [-0.39, 0.29) is 24.4 Å². The van der Waals surface area contributed by atoms with E-state index in [0.29, 0.717) is 36.1 Å². The van der Waals surface area contributed by atoms with Crippen molar-refractivity contribution in [2.24, 2.45) is 23.5 Å². The van der Waals surface area contributed by atoms with E-state index in [9.17, 15) is 9.59 Å². The van der Waals surface area contributed by atoms with Crippen LogP contribution in [0.15, 0.2) is 0 Å². The second kappa shape index (κ2) is 6.60. The molecule has 2 bridgehead atoms. The first-order chi connectivity index (χ1) is 10.6. The summed E-state index contributed by atoms with van der Waals surface area (Å²) in [6.07, 6.45) is 7.15. The van der Waals surface area contributed by atoms with Crippen molar-refractivity contribution < 1.29 is 9.59 Å². The normalized spacial score (nSPS) is 37.3. The number of halogens is 1. The summed E-state index contributed by atoms with van der Waals surface area (Å²) in [5, 5.41) is 0. The van der Waals surface area contributed by atoms with E-state index in [2.05, 4.69) is 0 Å². The summed E-state index contributed by atoms with van der Waals surface area (Å²) in [5.74, 6) is 1.79. The Bertz CT molecular complexity index is 476. The standard InChI is InChI=1S/C17H27N3O2.ClH/c18-16-12-4-3-11(10-12)15(16)17(22)19-8-5-13(6-9-19)20-7-1-2-14(20)21;/h11-13,15-16H,1-10,18H2;1H. The van der Waals surface area contributed by atoms with Gasteiger partial charge in [0, 0.05) is 38.1 Å². The Labute approximate surface area is 144 Å². The molecule has 0 aromatic carbocycles. The fraction of sp³-hybridized carbons (Fsp3) is 0.882. The van der Waals surface area contributed by atoms with Crippen LogP contribution in [0.5, 0.6) is 0 Å². The lowest BCUT2D eigenvalue weighted by Crippen LogP contribution is -2.52. The van der Waals surface area contributed by atoms with Crippen LogP contribution < -0.4 is 5.73 Å². The average molecular weight is 342 g/mol. The number of carbonyl (C=O) groups excluding carboxylic acids is 2. The largest absolute Gasteiger partial charge is 0.342 e. The maximum absolute atomic E-state index is 12.9. The van der Waals surface area contributed by atoms with Gasteiger partial charge in [-0.2, -0.15) is 0 Å². The highest BCUT2D eigenvalue weighted by Gasteiger charge is 2.50. The van der Waals surface area contributed by atoms with Crippen LogP contribution in [0.3, 0.4) is 0 Å². The third-order valence-electron chi connectivity index (χ3n) is 6.59. The fourth-order valence-corrected chi connectivity index (χ4v) is 5.37. The van der Waals surface area contributed by atoms with Gasteiger partial charge in [-0.25, -0.2) is 0 Å². The Morgan fingerprint density at radius 2 is 1.74 bits per heavy atom. The smallest absolute Gasteiger partial charge is 0.227 e. The number of amides is 2. The number of fused-ring (bicyclic) bond motifs is 2. The van der Waals surface area contributed by atoms with Gasteiger partial charge in [-0.1, -0.05) is 0 Å². The second-order valence-corrected chi connectivity index (χ2v) is 7.68. The number of hydrogen-bond donors (Lipinski definition) is 1. The van der Waals surface area contributed by atoms with Crippen molar-refractivity contribution in [3.63, 3.8) is 0 Å². The van der Waals surface area contributed by atoms with Crippen LogP contribution >= 0.6 is 12.4 Å². The van der Waals surface area contributed by atoms with Crippen LogP contribution in [-0.2, 0) is 9.59 Å². The molecule has 4 rings (SSSR count). The Balaban J connectivity index is 0.00000156. The average Bonchev–Trinajstić information content (AvgIpc) is 3.23. The van der Waals surface area contributed by atoms with Gasteiger partial charge in [-0.3, -0.25) is 9.59 Å². The molecule has 2 N–H and O–H groups in total. The van der Waals surface area contributed by atoms with E-state index >= 15 is 0 Å². The first-order valence-electron chi connectivity index (χ1n) is 8.99. The van der Waals surface area contributed by atoms with E-state index in [1.54, 1.807) is 0 Å². The number of rotatable bonds is 2. The maximum Gasteiger partial charge on any atom is 0.227 e. The third-order valence-corrected chi connectivity index (χ3v) is 6.59. The summed E-state index contributed by atoms with van der Waals surface area (Å²) in [7, 11) is 0. The first-order valence-corrected chi connectivity index (χ1v) is 8.99. The lowest BCUT2D eigenvalue weighted by Gasteiger charge is -2.39. The van der Waals surface area contributed by atoms with Gasteiger partial charge in [-0.05, 0) is 50.4 Å². The minimum atomic E-state index is 0. The van der Waals surface area contributed by atoms with Crippen molar-refractivity contribution in [1.82, 2.24) is 9.80 Å². The van der Waals surface area contributed by atoms with Crippen molar-refractivity contribution in [3.8, 4) is 0 Å². The Morgan fingerprint density at radius 1 is 1.04 bits per heavy atom. The summed E-state index contributed by atoms with van der Waals surface area (Å²) in [6, 6.07) is 0.442. The number of carbonyl (C=O) groups is 2. The molecule has 4 aliphatic rings. The quantitative estimate of drug-likeness (QED) is 0.825. The minimum absolute atomic E-state index is 0. The molecule has 2 saturated carbocycles. The van der Waals surface area contributed by atoms with Crippen LogP contribution in [-0.4, -0.2) is 53.3 Å². The van der Waals surface area contributed by atoms with E-state index in [1.807, 2.05) is 9.80 Å². The Kier molecular flexibility index (Phi) is 4.88. The molecule has 4 fully saturated rings. The number of nitrogens with zero attached hydrogens (tertiary/aromatic N) is 2. The predicted molar refractivity (Wildman–Crippen MR) is 90.1 cm³/mol. The predicted octanol–water partition coefficient (Wildman–Crippen LogP) is 1.39. The van der Waals surface area contributed by atoms with E-state index in [1.165, 1.54) is 12.8 Å². The molecular formula is C17H28ClN3O2. The molecule has 2 aliphatic heterocycles. The maximum atomic E-state index is 12.9. The molecule has 5 nitrogen and oxygen atoms in total. The zero-order chi connectivity index (χ0) is 15.3. The first kappa shape index (κ1) is 17.0. The van der Waals surface area contributed by atoms with Gasteiger partial charge in [0.05, 0.1) is 5.92 Å². The van der Waals surface area contributed by atoms with Crippen LogP contribution in [0.2, 0.25) is 0 Å². The van der Waals surface area contributed by atoms with Crippen molar-refractivity contribution in [2.75, 3.05) is 19.6 Å². The van der Waals surface area contributed by atoms with Gasteiger partial charge >= 0.3 is 0 Å². The van der Waals surface area contributed by atoms with Crippen LogP contribution in [0.1, 0.15) is 44.9 Å². The number of hydrogen-bond acceptors (Lipinski definition) is 3. The molecule has 2 amide bonds.